The predicted octanol–water partition coefficient (Wildman–Crippen LogP) is 9.16. The highest BCUT2D eigenvalue weighted by Gasteiger charge is 2.31. The predicted molar refractivity (Wildman–Crippen MR) is 315 cm³/mol. The van der Waals surface area contributed by atoms with Gasteiger partial charge in [0.25, 0.3) is 35.4 Å². The third-order valence-electron chi connectivity index (χ3n) is 14.9. The van der Waals surface area contributed by atoms with Gasteiger partial charge in [0.15, 0.2) is 0 Å². The fourth-order valence-corrected chi connectivity index (χ4v) is 10.4. The number of benzene rings is 7. The number of rotatable bonds is 24. The molecule has 7 aromatic carbocycles. The molecule has 84 heavy (non-hydrogen) atoms. The quantitative estimate of drug-likeness (QED) is 0.0331. The molecule has 0 aromatic heterocycles. The second-order valence-corrected chi connectivity index (χ2v) is 20.8. The molecule has 6 amide bonds. The minimum atomic E-state index is -0.767. The molecule has 0 spiro atoms. The number of hydrogen-bond acceptors (Lipinski definition) is 12. The fraction of sp³-hybridized carbons (Fsp3) is 0.273. The topological polar surface area (TPSA) is 258 Å². The van der Waals surface area contributed by atoms with Gasteiger partial charge in [-0.2, -0.15) is 0 Å². The van der Waals surface area contributed by atoms with Gasteiger partial charge in [-0.3, -0.25) is 28.8 Å². The fourth-order valence-electron chi connectivity index (χ4n) is 10.4. The van der Waals surface area contributed by atoms with Gasteiger partial charge < -0.3 is 61.2 Å². The first-order valence-corrected chi connectivity index (χ1v) is 27.9. The average Bonchev–Trinajstić information content (AvgIpc) is 3.69. The zero-order chi connectivity index (χ0) is 59.0. The third kappa shape index (κ3) is 15.4. The van der Waals surface area contributed by atoms with E-state index in [1.165, 1.54) is 50.6 Å². The van der Waals surface area contributed by atoms with E-state index in [-0.39, 0.29) is 118 Å². The smallest absolute Gasteiger partial charge is 0.255 e. The van der Waals surface area contributed by atoms with Gasteiger partial charge in [0.05, 0.1) is 47.6 Å². The first kappa shape index (κ1) is 58.8. The van der Waals surface area contributed by atoms with Crippen molar-refractivity contribution in [1.29, 1.82) is 0 Å². The van der Waals surface area contributed by atoms with Crippen molar-refractivity contribution in [2.75, 3.05) is 14.2 Å². The van der Waals surface area contributed by atoms with Crippen molar-refractivity contribution in [3.8, 4) is 34.5 Å². The van der Waals surface area contributed by atoms with E-state index < -0.39 is 35.4 Å². The van der Waals surface area contributed by atoms with Crippen LogP contribution in [0.2, 0.25) is 0 Å². The van der Waals surface area contributed by atoms with E-state index in [1.807, 2.05) is 121 Å². The van der Waals surface area contributed by atoms with E-state index in [0.717, 1.165) is 22.3 Å². The van der Waals surface area contributed by atoms with Crippen molar-refractivity contribution >= 4 is 35.4 Å². The Balaban J connectivity index is 0.806. The monoisotopic (exact) mass is 1140 g/mol. The number of methoxy groups -OCH3 is 2. The van der Waals surface area contributed by atoms with Gasteiger partial charge in [-0.05, 0) is 91.8 Å². The van der Waals surface area contributed by atoms with Crippen molar-refractivity contribution in [1.82, 2.24) is 21.3 Å². The molecule has 0 atom stereocenters. The number of primary amides is 2. The molecular formula is C66H68N6O12. The summed E-state index contributed by atoms with van der Waals surface area (Å²) in [6.45, 7) is 0.613. The Hall–Kier alpha value is -9.84. The molecule has 2 aliphatic rings. The minimum Gasteiger partial charge on any atom is -0.496 e. The molecule has 0 radical (unpaired) electrons. The lowest BCUT2D eigenvalue weighted by atomic mass is 9.90. The zero-order valence-electron chi connectivity index (χ0n) is 46.9. The number of amides is 6. The molecule has 18 nitrogen and oxygen atoms in total. The van der Waals surface area contributed by atoms with Gasteiger partial charge in [0.1, 0.15) is 60.9 Å². The van der Waals surface area contributed by atoms with Crippen LogP contribution in [0.5, 0.6) is 34.5 Å². The molecule has 0 saturated heterocycles. The van der Waals surface area contributed by atoms with Gasteiger partial charge in [-0.25, -0.2) is 0 Å². The Kier molecular flexibility index (Phi) is 19.8. The van der Waals surface area contributed by atoms with E-state index in [9.17, 15) is 28.8 Å². The Labute approximate surface area is 487 Å². The molecule has 2 aliphatic carbocycles. The summed E-state index contributed by atoms with van der Waals surface area (Å²) in [5.74, 6) is -2.14. The summed E-state index contributed by atoms with van der Waals surface area (Å²) in [4.78, 5) is 81.9. The molecule has 0 bridgehead atoms. The normalized spacial score (nSPS) is 16.4. The van der Waals surface area contributed by atoms with Crippen molar-refractivity contribution < 1.29 is 57.2 Å². The molecule has 434 valence electrons. The van der Waals surface area contributed by atoms with Crippen LogP contribution in [0, 0.1) is 0 Å². The van der Waals surface area contributed by atoms with E-state index >= 15 is 0 Å². The molecule has 8 N–H and O–H groups in total. The average molecular weight is 1140 g/mol. The maximum Gasteiger partial charge on any atom is 0.255 e. The highest BCUT2D eigenvalue weighted by atomic mass is 16.5. The van der Waals surface area contributed by atoms with Gasteiger partial charge in [0.2, 0.25) is 0 Å². The largest absolute Gasteiger partial charge is 0.496 e. The Morgan fingerprint density at radius 3 is 0.786 bits per heavy atom. The molecular weight excluding hydrogens is 1070 g/mol. The van der Waals surface area contributed by atoms with Crippen LogP contribution in [0.4, 0.5) is 0 Å². The summed E-state index contributed by atoms with van der Waals surface area (Å²) in [6, 6.07) is 45.6. The summed E-state index contributed by atoms with van der Waals surface area (Å²) in [7, 11) is 2.86. The Morgan fingerprint density at radius 1 is 0.333 bits per heavy atom. The van der Waals surface area contributed by atoms with Crippen molar-refractivity contribution in [2.24, 2.45) is 11.5 Å². The van der Waals surface area contributed by atoms with Crippen LogP contribution >= 0.6 is 0 Å². The highest BCUT2D eigenvalue weighted by Crippen LogP contribution is 2.35. The van der Waals surface area contributed by atoms with Gasteiger partial charge in [-0.15, -0.1) is 0 Å². The first-order valence-electron chi connectivity index (χ1n) is 27.9. The SMILES string of the molecule is COc1cc(OC)c(C(=O)NC2CCC(NC(=O)c3cc(C(N)=O)c(OCc4ccccc4)cc3OCc3ccccc3)CC2)cc1C(=O)NC1CCC(NC(=O)c2cc(C(N)=O)c(OCc3ccccc3)cc2OCc2ccccc2)CC1. The standard InChI is InChI=1S/C66H68N6O12/c1-79-55-34-56(80-2)52(64(76)70-46-25-29-48(30-26-46)72-66(78)54-32-50(62(68)74)58(82-38-42-17-9-4-10-18-42)36-60(54)84-40-44-21-13-6-14-22-44)33-51(55)63(75)69-45-23-27-47(28-24-45)71-65(77)53-31-49(61(67)73)57(81-37-41-15-7-3-8-16-41)35-59(53)83-39-43-19-11-5-12-20-43/h3-22,31-36,45-48H,23-30,37-40H2,1-2H3,(H2,67,73)(H2,68,74)(H,69,75)(H,70,76)(H,71,77)(H,72,78). The number of nitrogens with one attached hydrogen (secondary N) is 4. The summed E-state index contributed by atoms with van der Waals surface area (Å²) < 4.78 is 35.8. The Bertz CT molecular complexity index is 3220. The van der Waals surface area contributed by atoms with Crippen LogP contribution in [-0.2, 0) is 26.4 Å². The molecule has 2 saturated carbocycles. The molecule has 2 fully saturated rings. The van der Waals surface area contributed by atoms with Crippen molar-refractivity contribution in [2.45, 2.75) is 102 Å². The maximum atomic E-state index is 14.1. The van der Waals surface area contributed by atoms with Crippen LogP contribution in [0.1, 0.15) is 136 Å². The van der Waals surface area contributed by atoms with E-state index in [0.29, 0.717) is 51.4 Å². The second-order valence-electron chi connectivity index (χ2n) is 20.8. The first-order chi connectivity index (χ1) is 40.8. The lowest BCUT2D eigenvalue weighted by Crippen LogP contribution is -2.44. The minimum absolute atomic E-state index is 0.0312. The van der Waals surface area contributed by atoms with Gasteiger partial charge in [0, 0.05) is 42.4 Å². The molecule has 0 aliphatic heterocycles. The third-order valence-corrected chi connectivity index (χ3v) is 14.9. The lowest BCUT2D eigenvalue weighted by molar-refractivity contribution is 0.0882. The van der Waals surface area contributed by atoms with E-state index in [1.54, 1.807) is 0 Å². The van der Waals surface area contributed by atoms with Crippen LogP contribution < -0.4 is 61.2 Å². The summed E-state index contributed by atoms with van der Waals surface area (Å²) in [5.41, 5.74) is 15.7. The van der Waals surface area contributed by atoms with Crippen molar-refractivity contribution in [3.63, 3.8) is 0 Å². The molecule has 0 unspecified atom stereocenters. The van der Waals surface area contributed by atoms with Crippen LogP contribution in [0.15, 0.2) is 158 Å². The highest BCUT2D eigenvalue weighted by molar-refractivity contribution is 6.05. The Morgan fingerprint density at radius 2 is 0.548 bits per heavy atom. The summed E-state index contributed by atoms with van der Waals surface area (Å²) >= 11 is 0. The number of ether oxygens (including phenoxy) is 6. The van der Waals surface area contributed by atoms with E-state index in [2.05, 4.69) is 21.3 Å². The van der Waals surface area contributed by atoms with Crippen molar-refractivity contribution in [3.05, 3.63) is 213 Å². The number of nitrogens with two attached hydrogens (primary N) is 2. The molecule has 18 heteroatoms. The van der Waals surface area contributed by atoms with Gasteiger partial charge in [-0.1, -0.05) is 121 Å². The molecule has 0 heterocycles. The summed E-state index contributed by atoms with van der Waals surface area (Å²) in [5, 5.41) is 12.4. The van der Waals surface area contributed by atoms with Crippen LogP contribution in [0.25, 0.3) is 0 Å². The number of carbonyl (C=O) groups is 6. The second kappa shape index (κ2) is 28.2. The number of hydrogen-bond donors (Lipinski definition) is 6. The molecule has 7 aromatic rings. The van der Waals surface area contributed by atoms with Crippen LogP contribution in [-0.4, -0.2) is 73.8 Å². The van der Waals surface area contributed by atoms with Gasteiger partial charge >= 0.3 is 0 Å². The molecule has 9 rings (SSSR count). The maximum absolute atomic E-state index is 14.1. The zero-order valence-corrected chi connectivity index (χ0v) is 46.9. The lowest BCUT2D eigenvalue weighted by Gasteiger charge is -2.30. The van der Waals surface area contributed by atoms with E-state index in [4.69, 9.17) is 39.9 Å². The summed E-state index contributed by atoms with van der Waals surface area (Å²) in [6.07, 6.45) is 4.19. The number of carbonyl (C=O) groups excluding carboxylic acids is 6. The van der Waals surface area contributed by atoms with Crippen LogP contribution in [0.3, 0.4) is 0 Å².